The summed E-state index contributed by atoms with van der Waals surface area (Å²) in [7, 11) is 0. The minimum absolute atomic E-state index is 1.23. The summed E-state index contributed by atoms with van der Waals surface area (Å²) in [6.45, 7) is 0. The van der Waals surface area contributed by atoms with Gasteiger partial charge in [-0.25, -0.2) is 0 Å². The Morgan fingerprint density at radius 3 is 0.833 bits per heavy atom. The van der Waals surface area contributed by atoms with E-state index in [9.17, 15) is 0 Å². The number of rotatable bonds is 6. The van der Waals surface area contributed by atoms with E-state index in [0.29, 0.717) is 0 Å². The van der Waals surface area contributed by atoms with Gasteiger partial charge in [-0.3, -0.25) is 0 Å². The summed E-state index contributed by atoms with van der Waals surface area (Å²) in [4.78, 5) is 5.20. The van der Waals surface area contributed by atoms with Crippen LogP contribution in [0.2, 0.25) is 0 Å². The average molecular weight is 1100 g/mol. The summed E-state index contributed by atoms with van der Waals surface area (Å²) >= 11 is 3.84. The van der Waals surface area contributed by atoms with Gasteiger partial charge in [0.25, 0.3) is 0 Å². The number of fused-ring (bicyclic) bond motifs is 10. The Labute approximate surface area is 495 Å². The first-order valence-electron chi connectivity index (χ1n) is 29.0. The van der Waals surface area contributed by atoms with E-state index >= 15 is 0 Å². The minimum Gasteiger partial charge on any atom is -0.0887 e. The summed E-state index contributed by atoms with van der Waals surface area (Å²) in [6, 6.07) is 109. The van der Waals surface area contributed by atoms with Crippen molar-refractivity contribution in [1.82, 2.24) is 0 Å². The molecule has 84 heavy (non-hydrogen) atoms. The van der Waals surface area contributed by atoms with Gasteiger partial charge >= 0.3 is 0 Å². The first-order valence-corrected chi connectivity index (χ1v) is 30.6. The van der Waals surface area contributed by atoms with Crippen molar-refractivity contribution in [2.45, 2.75) is 19.6 Å². The van der Waals surface area contributed by atoms with Crippen LogP contribution < -0.4 is 0 Å². The Bertz CT molecular complexity index is 5050. The topological polar surface area (TPSA) is 0 Å². The predicted octanol–water partition coefficient (Wildman–Crippen LogP) is 24.0. The lowest BCUT2D eigenvalue weighted by Gasteiger charge is -2.27. The lowest BCUT2D eigenvalue weighted by Crippen LogP contribution is -2.00. The molecule has 0 fully saturated rings. The molecule has 18 rings (SSSR count). The number of benzene rings is 16. The van der Waals surface area contributed by atoms with E-state index in [2.05, 4.69) is 291 Å². The first-order chi connectivity index (χ1) is 41.7. The van der Waals surface area contributed by atoms with Gasteiger partial charge in [-0.15, -0.1) is 0 Å². The summed E-state index contributed by atoms with van der Waals surface area (Å²) in [6.07, 6.45) is 0. The Hall–Kier alpha value is -9.96. The molecule has 0 atom stereocenters. The molecule has 388 valence electrons. The van der Waals surface area contributed by atoms with E-state index in [-0.39, 0.29) is 0 Å². The van der Waals surface area contributed by atoms with Crippen LogP contribution in [0.1, 0.15) is 0 Å². The minimum atomic E-state index is 1.23. The van der Waals surface area contributed by atoms with E-state index in [4.69, 9.17) is 0 Å². The second-order valence-electron chi connectivity index (χ2n) is 22.4. The van der Waals surface area contributed by atoms with E-state index < -0.39 is 0 Å². The molecule has 0 aromatic heterocycles. The summed E-state index contributed by atoms with van der Waals surface area (Å²) in [5.74, 6) is 0. The van der Waals surface area contributed by atoms with Gasteiger partial charge in [-0.1, -0.05) is 290 Å². The van der Waals surface area contributed by atoms with Gasteiger partial charge in [-0.05, 0) is 178 Å². The van der Waals surface area contributed by atoms with Crippen LogP contribution in [0.5, 0.6) is 0 Å². The molecule has 0 bridgehead atoms. The average Bonchev–Trinajstić information content (AvgIpc) is 1.54. The Morgan fingerprint density at radius 1 is 0.167 bits per heavy atom. The fourth-order valence-electron chi connectivity index (χ4n) is 14.5. The predicted molar refractivity (Wildman–Crippen MR) is 361 cm³/mol. The fraction of sp³-hybridized carbons (Fsp3) is 0. The summed E-state index contributed by atoms with van der Waals surface area (Å²) < 4.78 is 0. The summed E-state index contributed by atoms with van der Waals surface area (Å²) in [5.41, 5.74) is 20.3. The lowest BCUT2D eigenvalue weighted by atomic mass is 9.83. The quantitative estimate of drug-likeness (QED) is 0.152. The maximum Gasteiger partial charge on any atom is 0.0208 e. The molecule has 0 nitrogen and oxygen atoms in total. The molecule has 0 unspecified atom stereocenters. The smallest absolute Gasteiger partial charge is 0.0208 e. The highest BCUT2D eigenvalue weighted by Gasteiger charge is 2.29. The maximum atomic E-state index is 2.47. The lowest BCUT2D eigenvalue weighted by molar-refractivity contribution is 1.34. The van der Waals surface area contributed by atoms with Crippen molar-refractivity contribution in [3.8, 4) is 89.0 Å². The highest BCUT2D eigenvalue weighted by Crippen LogP contribution is 2.58. The fourth-order valence-corrected chi connectivity index (χ4v) is 16.8. The largest absolute Gasteiger partial charge is 0.0887 e. The molecule has 2 aliphatic heterocycles. The van der Waals surface area contributed by atoms with Crippen LogP contribution in [-0.4, -0.2) is 0 Å². The monoisotopic (exact) mass is 1100 g/mol. The third-order valence-corrected chi connectivity index (χ3v) is 20.3. The van der Waals surface area contributed by atoms with Crippen LogP contribution >= 0.6 is 23.5 Å². The van der Waals surface area contributed by atoms with Crippen LogP contribution in [0.15, 0.2) is 311 Å². The summed E-state index contributed by atoms with van der Waals surface area (Å²) in [5, 5.41) is 17.8. The first kappa shape index (κ1) is 47.7. The van der Waals surface area contributed by atoms with E-state index in [0.717, 1.165) is 0 Å². The Kier molecular flexibility index (Phi) is 10.7. The number of hydrogen-bond acceptors (Lipinski definition) is 2. The third kappa shape index (κ3) is 7.12. The zero-order valence-electron chi connectivity index (χ0n) is 45.5. The highest BCUT2D eigenvalue weighted by molar-refractivity contribution is 8.00. The van der Waals surface area contributed by atoms with Gasteiger partial charge in [0.05, 0.1) is 0 Å². The molecule has 0 saturated heterocycles. The van der Waals surface area contributed by atoms with Crippen LogP contribution in [0.4, 0.5) is 0 Å². The molecule has 0 spiro atoms. The van der Waals surface area contributed by atoms with Gasteiger partial charge in [0.2, 0.25) is 0 Å². The van der Waals surface area contributed by atoms with Crippen LogP contribution in [0.25, 0.3) is 164 Å². The molecule has 16 aromatic rings. The third-order valence-electron chi connectivity index (χ3n) is 18.1. The van der Waals surface area contributed by atoms with E-state index in [1.54, 1.807) is 0 Å². The van der Waals surface area contributed by atoms with Crippen molar-refractivity contribution in [3.05, 3.63) is 291 Å². The van der Waals surface area contributed by atoms with Gasteiger partial charge < -0.3 is 0 Å². The van der Waals surface area contributed by atoms with E-state index in [1.807, 2.05) is 23.5 Å². The molecule has 2 heteroatoms. The van der Waals surface area contributed by atoms with Crippen molar-refractivity contribution in [1.29, 1.82) is 0 Å². The zero-order valence-corrected chi connectivity index (χ0v) is 47.2. The molecular weight excluding hydrogens is 1050 g/mol. The highest BCUT2D eigenvalue weighted by atomic mass is 32.2. The van der Waals surface area contributed by atoms with Gasteiger partial charge in [0.1, 0.15) is 0 Å². The van der Waals surface area contributed by atoms with E-state index in [1.165, 1.54) is 184 Å². The molecule has 0 N–H and O–H groups in total. The SMILES string of the molecule is c1ccc(-c2c3ccccc3c(-c3ccc4c(c3)Sc3ccc5c6c(ccc-4c36)-c3ccc(-c4c6ccccc6c(-c6ccccc6-c6cccc7ccccc67)c6ccccc46)cc3S5)c3ccccc23)c(-c2cccc3ccccc23)c1. The van der Waals surface area contributed by atoms with Crippen molar-refractivity contribution in [2.75, 3.05) is 0 Å². The standard InChI is InChI=1S/C82H48S2/c1-3-23-53-49(19-1)21-17-37-55(53)57-25-5-7-27-61(57)79-67-33-13-9-29-63(67)77(64-30-10-14-34-68(64)79)51-39-41-59-71-43-44-72-60-42-40-52(48-76(60)84-74-46-45-73(81(71)82(72)74)83-75(59)47-51)78-65-31-11-15-35-69(65)80(70-36-16-12-32-66(70)78)62-28-8-6-26-58(62)56-38-18-22-50-20-2-4-24-54(50)56/h1-48H. The second kappa shape index (κ2) is 18.8. The van der Waals surface area contributed by atoms with Crippen LogP contribution in [0, 0.1) is 0 Å². The van der Waals surface area contributed by atoms with Gasteiger partial charge in [0, 0.05) is 30.4 Å². The van der Waals surface area contributed by atoms with Crippen molar-refractivity contribution in [3.63, 3.8) is 0 Å². The Balaban J connectivity index is 0.746. The molecular formula is C82H48S2. The van der Waals surface area contributed by atoms with Crippen LogP contribution in [0.3, 0.4) is 0 Å². The van der Waals surface area contributed by atoms with Crippen LogP contribution in [-0.2, 0) is 0 Å². The molecule has 0 radical (unpaired) electrons. The Morgan fingerprint density at radius 2 is 0.452 bits per heavy atom. The van der Waals surface area contributed by atoms with Crippen molar-refractivity contribution < 1.29 is 0 Å². The van der Waals surface area contributed by atoms with Gasteiger partial charge in [0.15, 0.2) is 0 Å². The normalized spacial score (nSPS) is 12.4. The zero-order chi connectivity index (χ0) is 55.0. The molecule has 0 saturated carbocycles. The number of hydrogen-bond donors (Lipinski definition) is 0. The van der Waals surface area contributed by atoms with Crippen molar-refractivity contribution in [2.24, 2.45) is 0 Å². The molecule has 16 aromatic carbocycles. The molecule has 2 heterocycles. The molecule has 2 aliphatic rings. The molecule has 0 amide bonds. The maximum absolute atomic E-state index is 2.47. The molecule has 0 aliphatic carbocycles. The second-order valence-corrected chi connectivity index (χ2v) is 24.6. The van der Waals surface area contributed by atoms with Crippen molar-refractivity contribution >= 4 is 98.9 Å². The van der Waals surface area contributed by atoms with Gasteiger partial charge in [-0.2, -0.15) is 0 Å².